The first-order valence-electron chi connectivity index (χ1n) is 9.14. The van der Waals surface area contributed by atoms with Crippen LogP contribution in [0.4, 0.5) is 20.3 Å². The van der Waals surface area contributed by atoms with Crippen LogP contribution in [0, 0.1) is 32.4 Å². The van der Waals surface area contributed by atoms with Gasteiger partial charge in [-0.2, -0.15) is 0 Å². The third-order valence-corrected chi connectivity index (χ3v) is 6.19. The van der Waals surface area contributed by atoms with Crippen molar-refractivity contribution in [3.8, 4) is 0 Å². The first-order valence-corrected chi connectivity index (χ1v) is 10.8. The standard InChI is InChI=1S/C19H23F2N5O2S/c1-11-12(2)23-19(22)17-18(11)26(13(3)24-17)8-4-5-9-29(27,28)25-16-7-6-14(20)10-15(16)21/h6-7,10,25H,4-5,8-9H2,1-3H3,(H2,22,23). The van der Waals surface area contributed by atoms with Crippen LogP contribution >= 0.6 is 0 Å². The quantitative estimate of drug-likeness (QED) is 0.567. The summed E-state index contributed by atoms with van der Waals surface area (Å²) in [7, 11) is -3.75. The molecule has 3 N–H and O–H groups in total. The Morgan fingerprint density at radius 2 is 1.86 bits per heavy atom. The number of aryl methyl sites for hydroxylation is 4. The van der Waals surface area contributed by atoms with Crippen molar-refractivity contribution in [2.24, 2.45) is 0 Å². The molecule has 0 saturated carbocycles. The maximum absolute atomic E-state index is 13.7. The fraction of sp³-hybridized carbons (Fsp3) is 0.368. The number of halogens is 2. The number of benzene rings is 1. The molecule has 0 saturated heterocycles. The molecule has 0 fully saturated rings. The van der Waals surface area contributed by atoms with Crippen molar-refractivity contribution in [2.75, 3.05) is 16.2 Å². The number of unbranched alkanes of at least 4 members (excludes halogenated alkanes) is 1. The minimum absolute atomic E-state index is 0.183. The number of fused-ring (bicyclic) bond motifs is 1. The second kappa shape index (κ2) is 7.94. The number of anilines is 2. The minimum Gasteiger partial charge on any atom is -0.382 e. The van der Waals surface area contributed by atoms with Gasteiger partial charge < -0.3 is 10.3 Å². The number of nitrogens with two attached hydrogens (primary N) is 1. The number of nitrogens with zero attached hydrogens (tertiary/aromatic N) is 3. The predicted octanol–water partition coefficient (Wildman–Crippen LogP) is 3.44. The van der Waals surface area contributed by atoms with Crippen LogP contribution in [-0.4, -0.2) is 28.7 Å². The van der Waals surface area contributed by atoms with Crippen LogP contribution in [-0.2, 0) is 16.6 Å². The highest BCUT2D eigenvalue weighted by Crippen LogP contribution is 2.26. The summed E-state index contributed by atoms with van der Waals surface area (Å²) in [5, 5.41) is 0. The lowest BCUT2D eigenvalue weighted by molar-refractivity contribution is 0.579. The van der Waals surface area contributed by atoms with E-state index in [1.807, 2.05) is 25.3 Å². The lowest BCUT2D eigenvalue weighted by Crippen LogP contribution is -2.18. The Morgan fingerprint density at radius 1 is 1.14 bits per heavy atom. The van der Waals surface area contributed by atoms with Gasteiger partial charge in [0.05, 0.1) is 17.0 Å². The van der Waals surface area contributed by atoms with E-state index in [1.165, 1.54) is 0 Å². The summed E-state index contributed by atoms with van der Waals surface area (Å²) in [5.74, 6) is -0.757. The average molecular weight is 423 g/mol. The largest absolute Gasteiger partial charge is 0.382 e. The number of pyridine rings is 1. The zero-order valence-electron chi connectivity index (χ0n) is 16.5. The number of imidazole rings is 1. The van der Waals surface area contributed by atoms with Crippen LogP contribution < -0.4 is 10.5 Å². The van der Waals surface area contributed by atoms with Crippen LogP contribution in [0.3, 0.4) is 0 Å². The fourth-order valence-electron chi connectivity index (χ4n) is 3.24. The van der Waals surface area contributed by atoms with Gasteiger partial charge in [-0.15, -0.1) is 0 Å². The van der Waals surface area contributed by atoms with Gasteiger partial charge in [0.1, 0.15) is 23.0 Å². The molecule has 0 aliphatic carbocycles. The van der Waals surface area contributed by atoms with Gasteiger partial charge in [-0.3, -0.25) is 4.72 Å². The highest BCUT2D eigenvalue weighted by molar-refractivity contribution is 7.92. The first-order chi connectivity index (χ1) is 13.6. The number of sulfonamides is 1. The van der Waals surface area contributed by atoms with Gasteiger partial charge in [0.2, 0.25) is 10.0 Å². The van der Waals surface area contributed by atoms with Crippen molar-refractivity contribution >= 4 is 32.6 Å². The van der Waals surface area contributed by atoms with Gasteiger partial charge in [0, 0.05) is 18.3 Å². The van der Waals surface area contributed by atoms with E-state index < -0.39 is 21.7 Å². The molecule has 0 bridgehead atoms. The van der Waals surface area contributed by atoms with E-state index in [4.69, 9.17) is 5.73 Å². The number of aromatic nitrogens is 3. The Morgan fingerprint density at radius 3 is 2.55 bits per heavy atom. The summed E-state index contributed by atoms with van der Waals surface area (Å²) in [6.45, 7) is 6.26. The Hall–Kier alpha value is -2.75. The fourth-order valence-corrected chi connectivity index (χ4v) is 4.43. The summed E-state index contributed by atoms with van der Waals surface area (Å²) in [4.78, 5) is 8.78. The zero-order chi connectivity index (χ0) is 21.3. The first kappa shape index (κ1) is 21.0. The third-order valence-electron chi connectivity index (χ3n) is 4.83. The molecule has 0 unspecified atom stereocenters. The number of hydrogen-bond acceptors (Lipinski definition) is 5. The van der Waals surface area contributed by atoms with Crippen LogP contribution in [0.2, 0.25) is 0 Å². The molecule has 0 amide bonds. The van der Waals surface area contributed by atoms with E-state index in [1.54, 1.807) is 0 Å². The summed E-state index contributed by atoms with van der Waals surface area (Å²) in [6, 6.07) is 2.70. The molecule has 0 aliphatic heterocycles. The monoisotopic (exact) mass is 423 g/mol. The smallest absolute Gasteiger partial charge is 0.232 e. The van der Waals surface area contributed by atoms with Crippen molar-refractivity contribution in [3.63, 3.8) is 0 Å². The summed E-state index contributed by atoms with van der Waals surface area (Å²) < 4.78 is 55.2. The molecule has 0 aliphatic rings. The second-order valence-electron chi connectivity index (χ2n) is 6.97. The molecule has 2 heterocycles. The highest BCUT2D eigenvalue weighted by Gasteiger charge is 2.17. The molecule has 0 radical (unpaired) electrons. The Labute approximate surface area is 168 Å². The summed E-state index contributed by atoms with van der Waals surface area (Å²) >= 11 is 0. The molecule has 3 aromatic rings. The Kier molecular flexibility index (Phi) is 5.74. The molecule has 156 valence electrons. The number of hydrogen-bond donors (Lipinski definition) is 2. The van der Waals surface area contributed by atoms with E-state index in [-0.39, 0.29) is 11.4 Å². The van der Waals surface area contributed by atoms with Gasteiger partial charge in [-0.05, 0) is 51.3 Å². The highest BCUT2D eigenvalue weighted by atomic mass is 32.2. The lowest BCUT2D eigenvalue weighted by Gasteiger charge is -2.11. The molecule has 2 aromatic heterocycles. The molecule has 1 aromatic carbocycles. The predicted molar refractivity (Wildman–Crippen MR) is 109 cm³/mol. The molecule has 29 heavy (non-hydrogen) atoms. The Bertz CT molecular complexity index is 1180. The molecule has 10 heteroatoms. The van der Waals surface area contributed by atoms with E-state index in [9.17, 15) is 17.2 Å². The van der Waals surface area contributed by atoms with E-state index in [0.29, 0.717) is 36.8 Å². The number of nitrogen functional groups attached to an aromatic ring is 1. The molecule has 0 spiro atoms. The molecular weight excluding hydrogens is 400 g/mol. The maximum atomic E-state index is 13.7. The SMILES string of the molecule is Cc1nc(N)c2nc(C)n(CCCCS(=O)(=O)Nc3ccc(F)cc3F)c2c1C. The molecular formula is C19H23F2N5O2S. The maximum Gasteiger partial charge on any atom is 0.232 e. The molecule has 0 atom stereocenters. The second-order valence-corrected chi connectivity index (χ2v) is 8.81. The topological polar surface area (TPSA) is 103 Å². The molecule has 7 nitrogen and oxygen atoms in total. The molecule has 3 rings (SSSR count). The van der Waals surface area contributed by atoms with Crippen LogP contribution in [0.1, 0.15) is 29.9 Å². The normalized spacial score (nSPS) is 11.9. The minimum atomic E-state index is -3.75. The van der Waals surface area contributed by atoms with Gasteiger partial charge in [0.25, 0.3) is 0 Å². The van der Waals surface area contributed by atoms with Crippen molar-refractivity contribution in [3.05, 3.63) is 46.9 Å². The number of nitrogens with one attached hydrogen (secondary N) is 1. The van der Waals surface area contributed by atoms with Crippen molar-refractivity contribution in [2.45, 2.75) is 40.2 Å². The van der Waals surface area contributed by atoms with E-state index in [0.717, 1.165) is 34.7 Å². The third kappa shape index (κ3) is 4.47. The van der Waals surface area contributed by atoms with Gasteiger partial charge >= 0.3 is 0 Å². The zero-order valence-corrected chi connectivity index (χ0v) is 17.3. The van der Waals surface area contributed by atoms with Gasteiger partial charge in [-0.1, -0.05) is 0 Å². The lowest BCUT2D eigenvalue weighted by atomic mass is 10.2. The number of rotatable bonds is 7. The summed E-state index contributed by atoms with van der Waals surface area (Å²) in [5.41, 5.74) is 9.07. The Balaban J connectivity index is 1.67. The van der Waals surface area contributed by atoms with Crippen LogP contribution in [0.5, 0.6) is 0 Å². The van der Waals surface area contributed by atoms with Gasteiger partial charge in [-0.25, -0.2) is 27.2 Å². The van der Waals surface area contributed by atoms with Crippen molar-refractivity contribution < 1.29 is 17.2 Å². The van der Waals surface area contributed by atoms with E-state index in [2.05, 4.69) is 14.7 Å². The van der Waals surface area contributed by atoms with Crippen LogP contribution in [0.25, 0.3) is 11.0 Å². The van der Waals surface area contributed by atoms with E-state index >= 15 is 0 Å². The van der Waals surface area contributed by atoms with Crippen molar-refractivity contribution in [1.29, 1.82) is 0 Å². The van der Waals surface area contributed by atoms with Crippen LogP contribution in [0.15, 0.2) is 18.2 Å². The summed E-state index contributed by atoms with van der Waals surface area (Å²) in [6.07, 6.45) is 0.926. The average Bonchev–Trinajstić information content (AvgIpc) is 2.96. The van der Waals surface area contributed by atoms with Crippen molar-refractivity contribution in [1.82, 2.24) is 14.5 Å². The van der Waals surface area contributed by atoms with Gasteiger partial charge in [0.15, 0.2) is 5.82 Å².